The zero-order valence-corrected chi connectivity index (χ0v) is 18.6. The Balaban J connectivity index is 1.27. The number of nitrogens with zero attached hydrogens (tertiary/aromatic N) is 5. The van der Waals surface area contributed by atoms with Crippen LogP contribution in [0.1, 0.15) is 31.4 Å². The van der Waals surface area contributed by atoms with Crippen molar-refractivity contribution in [2.45, 2.75) is 36.5 Å². The predicted molar refractivity (Wildman–Crippen MR) is 120 cm³/mol. The zero-order valence-electron chi connectivity index (χ0n) is 17.8. The molecule has 1 aromatic carbocycles. The molecule has 2 aromatic heterocycles. The van der Waals surface area contributed by atoms with E-state index in [2.05, 4.69) is 25.9 Å². The first-order valence-electron chi connectivity index (χ1n) is 10.5. The van der Waals surface area contributed by atoms with Crippen LogP contribution in [0.3, 0.4) is 0 Å². The molecule has 2 aliphatic rings. The number of hydrazine groups is 1. The standard InChI is InChI=1S/C22H21N7O3S/c1-22(15-7-3-2-4-8-15)19(31)29(20(32)24-22)27-17(30)13-33-21-26-25-18(28(21)16-9-10-16)14-6-5-11-23-12-14/h2-8,11-12,16H,9-10,13H2,1H3,(H,24,32)(H,27,30)/t22-/m0/s1. The topological polar surface area (TPSA) is 122 Å². The number of aromatic nitrogens is 4. The molecule has 1 saturated heterocycles. The first kappa shape index (κ1) is 21.1. The van der Waals surface area contributed by atoms with E-state index in [1.807, 2.05) is 22.8 Å². The third-order valence-electron chi connectivity index (χ3n) is 5.61. The highest BCUT2D eigenvalue weighted by Crippen LogP contribution is 2.41. The molecule has 0 radical (unpaired) electrons. The highest BCUT2D eigenvalue weighted by Gasteiger charge is 2.50. The molecule has 0 spiro atoms. The van der Waals surface area contributed by atoms with E-state index in [1.54, 1.807) is 43.6 Å². The van der Waals surface area contributed by atoms with E-state index in [0.29, 0.717) is 22.6 Å². The van der Waals surface area contributed by atoms with Crippen molar-refractivity contribution in [1.29, 1.82) is 0 Å². The second-order valence-corrected chi connectivity index (χ2v) is 8.98. The Morgan fingerprint density at radius 2 is 1.97 bits per heavy atom. The number of hydrogen-bond donors (Lipinski definition) is 2. The number of benzene rings is 1. The van der Waals surface area contributed by atoms with Crippen LogP contribution in [0.15, 0.2) is 60.0 Å². The summed E-state index contributed by atoms with van der Waals surface area (Å²) in [6, 6.07) is 12.3. The number of urea groups is 1. The lowest BCUT2D eigenvalue weighted by Crippen LogP contribution is -2.48. The summed E-state index contributed by atoms with van der Waals surface area (Å²) in [6.45, 7) is 1.61. The first-order valence-corrected chi connectivity index (χ1v) is 11.5. The summed E-state index contributed by atoms with van der Waals surface area (Å²) >= 11 is 1.21. The van der Waals surface area contributed by atoms with Gasteiger partial charge in [-0.05, 0) is 37.5 Å². The summed E-state index contributed by atoms with van der Waals surface area (Å²) in [4.78, 5) is 42.1. The largest absolute Gasteiger partial charge is 0.344 e. The number of carbonyl (C=O) groups excluding carboxylic acids is 3. The van der Waals surface area contributed by atoms with Gasteiger partial charge in [-0.3, -0.25) is 24.6 Å². The molecular weight excluding hydrogens is 442 g/mol. The van der Waals surface area contributed by atoms with Gasteiger partial charge in [-0.15, -0.1) is 10.2 Å². The van der Waals surface area contributed by atoms with Gasteiger partial charge in [-0.1, -0.05) is 42.1 Å². The second-order valence-electron chi connectivity index (χ2n) is 8.03. The molecule has 2 N–H and O–H groups in total. The first-order chi connectivity index (χ1) is 16.0. The Hall–Kier alpha value is -3.73. The van der Waals surface area contributed by atoms with Crippen LogP contribution >= 0.6 is 11.8 Å². The smallest absolute Gasteiger partial charge is 0.318 e. The lowest BCUT2D eigenvalue weighted by atomic mass is 9.92. The van der Waals surface area contributed by atoms with Gasteiger partial charge in [0.1, 0.15) is 5.54 Å². The number of nitrogens with one attached hydrogen (secondary N) is 2. The fourth-order valence-electron chi connectivity index (χ4n) is 3.72. The van der Waals surface area contributed by atoms with Crippen LogP contribution in [-0.2, 0) is 15.1 Å². The Morgan fingerprint density at radius 1 is 1.18 bits per heavy atom. The van der Waals surface area contributed by atoms with E-state index in [4.69, 9.17) is 0 Å². The Morgan fingerprint density at radius 3 is 2.67 bits per heavy atom. The van der Waals surface area contributed by atoms with Gasteiger partial charge < -0.3 is 5.32 Å². The van der Waals surface area contributed by atoms with Crippen LogP contribution in [-0.4, -0.2) is 48.4 Å². The molecule has 1 saturated carbocycles. The third kappa shape index (κ3) is 3.95. The molecule has 33 heavy (non-hydrogen) atoms. The molecule has 1 atom stereocenters. The Bertz CT molecular complexity index is 1210. The van der Waals surface area contributed by atoms with Crippen molar-refractivity contribution in [2.75, 3.05) is 5.75 Å². The van der Waals surface area contributed by atoms with Crippen molar-refractivity contribution in [3.8, 4) is 11.4 Å². The van der Waals surface area contributed by atoms with Gasteiger partial charge >= 0.3 is 6.03 Å². The van der Waals surface area contributed by atoms with E-state index in [9.17, 15) is 14.4 Å². The molecule has 10 nitrogen and oxygen atoms in total. The Kier molecular flexibility index (Phi) is 5.33. The Labute approximate surface area is 193 Å². The normalized spacial score (nSPS) is 20.1. The number of thioether (sulfide) groups is 1. The summed E-state index contributed by atoms with van der Waals surface area (Å²) in [7, 11) is 0. The average molecular weight is 464 g/mol. The van der Waals surface area contributed by atoms with E-state index in [0.717, 1.165) is 23.4 Å². The van der Waals surface area contributed by atoms with Crippen molar-refractivity contribution in [2.24, 2.45) is 0 Å². The van der Waals surface area contributed by atoms with Gasteiger partial charge in [-0.2, -0.15) is 5.01 Å². The monoisotopic (exact) mass is 463 g/mol. The van der Waals surface area contributed by atoms with Gasteiger partial charge in [0.05, 0.1) is 5.75 Å². The maximum atomic E-state index is 12.9. The maximum Gasteiger partial charge on any atom is 0.344 e. The predicted octanol–water partition coefficient (Wildman–Crippen LogP) is 2.27. The van der Waals surface area contributed by atoms with Crippen molar-refractivity contribution < 1.29 is 14.4 Å². The van der Waals surface area contributed by atoms with Crippen LogP contribution in [0.5, 0.6) is 0 Å². The van der Waals surface area contributed by atoms with Gasteiger partial charge in [0.2, 0.25) is 5.91 Å². The van der Waals surface area contributed by atoms with Gasteiger partial charge in [0.25, 0.3) is 5.91 Å². The number of hydrogen-bond acceptors (Lipinski definition) is 7. The highest BCUT2D eigenvalue weighted by atomic mass is 32.2. The van der Waals surface area contributed by atoms with E-state index in [1.165, 1.54) is 11.8 Å². The third-order valence-corrected chi connectivity index (χ3v) is 6.55. The molecule has 4 amide bonds. The zero-order chi connectivity index (χ0) is 23.0. The molecule has 2 fully saturated rings. The summed E-state index contributed by atoms with van der Waals surface area (Å²) in [5.74, 6) is -0.357. The van der Waals surface area contributed by atoms with Crippen LogP contribution in [0.4, 0.5) is 4.79 Å². The van der Waals surface area contributed by atoms with Crippen molar-refractivity contribution in [1.82, 2.24) is 35.5 Å². The van der Waals surface area contributed by atoms with Gasteiger partial charge in [-0.25, -0.2) is 4.79 Å². The maximum absolute atomic E-state index is 12.9. The lowest BCUT2D eigenvalue weighted by molar-refractivity contribution is -0.138. The molecule has 1 aliphatic heterocycles. The minimum Gasteiger partial charge on any atom is -0.318 e. The van der Waals surface area contributed by atoms with Crippen LogP contribution < -0.4 is 10.7 Å². The second kappa shape index (κ2) is 8.32. The summed E-state index contributed by atoms with van der Waals surface area (Å²) in [6.07, 6.45) is 5.46. The summed E-state index contributed by atoms with van der Waals surface area (Å²) in [5.41, 5.74) is 2.66. The van der Waals surface area contributed by atoms with E-state index >= 15 is 0 Å². The molecule has 3 heterocycles. The molecule has 168 valence electrons. The lowest BCUT2D eigenvalue weighted by Gasteiger charge is -2.22. The van der Waals surface area contributed by atoms with Crippen LogP contribution in [0, 0.1) is 0 Å². The number of rotatable bonds is 7. The van der Waals surface area contributed by atoms with Gasteiger partial charge in [0.15, 0.2) is 11.0 Å². The fourth-order valence-corrected chi connectivity index (χ4v) is 4.52. The molecule has 5 rings (SSSR count). The number of amides is 4. The quantitative estimate of drug-likeness (QED) is 0.407. The molecule has 3 aromatic rings. The highest BCUT2D eigenvalue weighted by molar-refractivity contribution is 7.99. The average Bonchev–Trinajstić information content (AvgIpc) is 3.55. The molecule has 11 heteroatoms. The van der Waals surface area contributed by atoms with E-state index < -0.39 is 23.4 Å². The fraction of sp³-hybridized carbons (Fsp3) is 0.273. The van der Waals surface area contributed by atoms with Gasteiger partial charge in [0, 0.05) is 24.0 Å². The molecule has 1 aliphatic carbocycles. The van der Waals surface area contributed by atoms with E-state index in [-0.39, 0.29) is 5.75 Å². The minimum atomic E-state index is -1.25. The minimum absolute atomic E-state index is 0.0307. The SMILES string of the molecule is C[C@@]1(c2ccccc2)NC(=O)N(NC(=O)CSc2nnc(-c3cccnc3)n2C2CC2)C1=O. The summed E-state index contributed by atoms with van der Waals surface area (Å²) < 4.78 is 2.02. The number of pyridine rings is 1. The number of imide groups is 1. The van der Waals surface area contributed by atoms with Crippen LogP contribution in [0.2, 0.25) is 0 Å². The van der Waals surface area contributed by atoms with Crippen molar-refractivity contribution in [3.63, 3.8) is 0 Å². The number of carbonyl (C=O) groups is 3. The molecule has 0 unspecified atom stereocenters. The van der Waals surface area contributed by atoms with Crippen molar-refractivity contribution in [3.05, 3.63) is 60.4 Å². The van der Waals surface area contributed by atoms with Crippen LogP contribution in [0.25, 0.3) is 11.4 Å². The molecule has 0 bridgehead atoms. The summed E-state index contributed by atoms with van der Waals surface area (Å²) in [5, 5.41) is 12.6. The van der Waals surface area contributed by atoms with Crippen molar-refractivity contribution >= 4 is 29.6 Å². The molecular formula is C22H21N7O3S.